The Kier molecular flexibility index (Phi) is 4.89. The zero-order chi connectivity index (χ0) is 21.3. The maximum absolute atomic E-state index is 12.9. The molecule has 0 atom stereocenters. The van der Waals surface area contributed by atoms with Crippen molar-refractivity contribution < 1.29 is 14.5 Å². The summed E-state index contributed by atoms with van der Waals surface area (Å²) in [7, 11) is 1.58. The van der Waals surface area contributed by atoms with E-state index in [9.17, 15) is 14.9 Å². The molecule has 0 radical (unpaired) electrons. The number of carbonyl (C=O) groups excluding carboxylic acids is 1. The molecular weight excluding hydrogens is 384 g/mol. The van der Waals surface area contributed by atoms with Gasteiger partial charge in [-0.25, -0.2) is 4.98 Å². The first kappa shape index (κ1) is 19.1. The molecule has 8 heteroatoms. The van der Waals surface area contributed by atoms with E-state index in [1.165, 1.54) is 24.3 Å². The van der Waals surface area contributed by atoms with E-state index >= 15 is 0 Å². The number of pyridine rings is 1. The summed E-state index contributed by atoms with van der Waals surface area (Å²) in [6.45, 7) is 1.95. The fourth-order valence-corrected chi connectivity index (χ4v) is 3.21. The summed E-state index contributed by atoms with van der Waals surface area (Å²) >= 11 is 0. The van der Waals surface area contributed by atoms with Crippen LogP contribution in [0.2, 0.25) is 0 Å². The van der Waals surface area contributed by atoms with Crippen LogP contribution in [-0.4, -0.2) is 27.3 Å². The van der Waals surface area contributed by atoms with Crippen molar-refractivity contribution in [2.75, 3.05) is 12.4 Å². The zero-order valence-corrected chi connectivity index (χ0v) is 16.3. The second kappa shape index (κ2) is 7.67. The Morgan fingerprint density at radius 3 is 2.53 bits per heavy atom. The van der Waals surface area contributed by atoms with Crippen molar-refractivity contribution in [3.63, 3.8) is 0 Å². The molecule has 150 valence electrons. The van der Waals surface area contributed by atoms with Crippen molar-refractivity contribution >= 4 is 23.1 Å². The van der Waals surface area contributed by atoms with Crippen LogP contribution in [0.15, 0.2) is 66.9 Å². The summed E-state index contributed by atoms with van der Waals surface area (Å²) in [5, 5.41) is 13.8. The lowest BCUT2D eigenvalue weighted by Gasteiger charge is -2.10. The molecule has 2 aromatic carbocycles. The first-order valence-corrected chi connectivity index (χ1v) is 9.16. The third kappa shape index (κ3) is 3.46. The SMILES string of the molecule is COc1ccccc1-c1nc2ccc(C)cn2c1NC(=O)c1ccc([N+](=O)[O-])cc1. The zero-order valence-electron chi connectivity index (χ0n) is 16.3. The highest BCUT2D eigenvalue weighted by Gasteiger charge is 2.20. The van der Waals surface area contributed by atoms with Gasteiger partial charge >= 0.3 is 0 Å². The lowest BCUT2D eigenvalue weighted by molar-refractivity contribution is -0.384. The monoisotopic (exact) mass is 402 g/mol. The fraction of sp³-hybridized carbons (Fsp3) is 0.0909. The number of carbonyl (C=O) groups is 1. The molecule has 0 aliphatic rings. The van der Waals surface area contributed by atoms with Crippen LogP contribution in [0.5, 0.6) is 5.75 Å². The van der Waals surface area contributed by atoms with Gasteiger partial charge in [-0.15, -0.1) is 0 Å². The van der Waals surface area contributed by atoms with Gasteiger partial charge in [-0.05, 0) is 42.8 Å². The molecule has 4 rings (SSSR count). The number of fused-ring (bicyclic) bond motifs is 1. The van der Waals surface area contributed by atoms with Crippen molar-refractivity contribution in [1.82, 2.24) is 9.38 Å². The van der Waals surface area contributed by atoms with Crippen LogP contribution in [0, 0.1) is 17.0 Å². The summed E-state index contributed by atoms with van der Waals surface area (Å²) in [6, 6.07) is 16.7. The Bertz CT molecular complexity index is 1260. The third-order valence-corrected chi connectivity index (χ3v) is 4.70. The van der Waals surface area contributed by atoms with Gasteiger partial charge in [0.1, 0.15) is 22.9 Å². The molecule has 0 spiro atoms. The lowest BCUT2D eigenvalue weighted by Crippen LogP contribution is -2.14. The average Bonchev–Trinajstić information content (AvgIpc) is 3.11. The molecule has 2 aromatic heterocycles. The van der Waals surface area contributed by atoms with Gasteiger partial charge in [0.15, 0.2) is 0 Å². The van der Waals surface area contributed by atoms with Crippen molar-refractivity contribution in [2.45, 2.75) is 6.92 Å². The summed E-state index contributed by atoms with van der Waals surface area (Å²) < 4.78 is 7.28. The molecule has 1 N–H and O–H groups in total. The smallest absolute Gasteiger partial charge is 0.269 e. The van der Waals surface area contributed by atoms with Crippen LogP contribution < -0.4 is 10.1 Å². The van der Waals surface area contributed by atoms with Gasteiger partial charge in [0.05, 0.1) is 12.0 Å². The van der Waals surface area contributed by atoms with Gasteiger partial charge in [-0.3, -0.25) is 19.3 Å². The lowest BCUT2D eigenvalue weighted by atomic mass is 10.1. The number of nitro groups is 1. The molecule has 8 nitrogen and oxygen atoms in total. The number of aryl methyl sites for hydroxylation is 1. The molecule has 30 heavy (non-hydrogen) atoms. The minimum Gasteiger partial charge on any atom is -0.496 e. The molecule has 0 aliphatic carbocycles. The van der Waals surface area contributed by atoms with Crippen LogP contribution in [0.1, 0.15) is 15.9 Å². The average molecular weight is 402 g/mol. The van der Waals surface area contributed by atoms with Gasteiger partial charge in [0.25, 0.3) is 11.6 Å². The summed E-state index contributed by atoms with van der Waals surface area (Å²) in [4.78, 5) is 28.0. The number of rotatable bonds is 5. The highest BCUT2D eigenvalue weighted by molar-refractivity contribution is 6.06. The number of nitro benzene ring substituents is 1. The third-order valence-electron chi connectivity index (χ3n) is 4.70. The van der Waals surface area contributed by atoms with Gasteiger partial charge in [-0.1, -0.05) is 18.2 Å². The number of hydrogen-bond acceptors (Lipinski definition) is 5. The molecule has 0 unspecified atom stereocenters. The van der Waals surface area contributed by atoms with E-state index in [4.69, 9.17) is 9.72 Å². The van der Waals surface area contributed by atoms with Crippen molar-refractivity contribution in [1.29, 1.82) is 0 Å². The van der Waals surface area contributed by atoms with Gasteiger partial charge in [-0.2, -0.15) is 0 Å². The van der Waals surface area contributed by atoms with Crippen molar-refractivity contribution in [3.8, 4) is 17.0 Å². The quantitative estimate of drug-likeness (QED) is 0.392. The minimum atomic E-state index is -0.505. The van der Waals surface area contributed by atoms with Gasteiger partial charge < -0.3 is 10.1 Å². The molecule has 2 heterocycles. The van der Waals surface area contributed by atoms with Crippen LogP contribution >= 0.6 is 0 Å². The number of aromatic nitrogens is 2. The maximum Gasteiger partial charge on any atom is 0.269 e. The summed E-state index contributed by atoms with van der Waals surface area (Å²) in [5.41, 5.74) is 3.19. The number of nitrogens with zero attached hydrogens (tertiary/aromatic N) is 3. The number of para-hydroxylation sites is 1. The van der Waals surface area contributed by atoms with E-state index in [0.717, 1.165) is 11.1 Å². The Morgan fingerprint density at radius 1 is 1.10 bits per heavy atom. The largest absolute Gasteiger partial charge is 0.496 e. The number of benzene rings is 2. The fourth-order valence-electron chi connectivity index (χ4n) is 3.21. The molecule has 0 saturated carbocycles. The topological polar surface area (TPSA) is 98.8 Å². The number of hydrogen-bond donors (Lipinski definition) is 1. The van der Waals surface area contributed by atoms with E-state index in [2.05, 4.69) is 5.32 Å². The summed E-state index contributed by atoms with van der Waals surface area (Å²) in [6.07, 6.45) is 1.88. The Hall–Kier alpha value is -4.20. The van der Waals surface area contributed by atoms with Gasteiger partial charge in [0, 0.05) is 29.5 Å². The van der Waals surface area contributed by atoms with E-state index < -0.39 is 10.8 Å². The van der Waals surface area contributed by atoms with E-state index in [0.29, 0.717) is 28.5 Å². The number of amides is 1. The first-order valence-electron chi connectivity index (χ1n) is 9.16. The Morgan fingerprint density at radius 2 is 1.83 bits per heavy atom. The van der Waals surface area contributed by atoms with Crippen molar-refractivity contribution in [3.05, 3.63) is 88.1 Å². The first-order chi connectivity index (χ1) is 14.5. The molecule has 0 saturated heterocycles. The summed E-state index contributed by atoms with van der Waals surface area (Å²) in [5.74, 6) is 0.717. The number of imidazole rings is 1. The second-order valence-corrected chi connectivity index (χ2v) is 6.70. The normalized spacial score (nSPS) is 10.7. The van der Waals surface area contributed by atoms with E-state index in [1.54, 1.807) is 11.5 Å². The number of ether oxygens (including phenoxy) is 1. The molecule has 0 fully saturated rings. The number of methoxy groups -OCH3 is 1. The molecule has 4 aromatic rings. The molecule has 0 bridgehead atoms. The predicted molar refractivity (Wildman–Crippen MR) is 113 cm³/mol. The second-order valence-electron chi connectivity index (χ2n) is 6.70. The van der Waals surface area contributed by atoms with Gasteiger partial charge in [0.2, 0.25) is 0 Å². The highest BCUT2D eigenvalue weighted by atomic mass is 16.6. The standard InChI is InChI=1S/C22H18N4O4/c1-14-7-12-19-23-20(17-5-3-4-6-18(17)30-2)21(25(19)13-14)24-22(27)15-8-10-16(11-9-15)26(28)29/h3-13H,1-2H3,(H,24,27). The van der Waals surface area contributed by atoms with Crippen LogP contribution in [0.25, 0.3) is 16.9 Å². The number of anilines is 1. The molecule has 1 amide bonds. The predicted octanol–water partition coefficient (Wildman–Crippen LogP) is 4.48. The Labute approximate surface area is 171 Å². The molecule has 0 aliphatic heterocycles. The van der Waals surface area contributed by atoms with Crippen molar-refractivity contribution in [2.24, 2.45) is 0 Å². The van der Waals surface area contributed by atoms with Crippen LogP contribution in [0.3, 0.4) is 0 Å². The van der Waals surface area contributed by atoms with Crippen LogP contribution in [-0.2, 0) is 0 Å². The number of non-ortho nitro benzene ring substituents is 1. The van der Waals surface area contributed by atoms with E-state index in [1.807, 2.05) is 49.5 Å². The minimum absolute atomic E-state index is 0.0771. The Balaban J connectivity index is 1.81. The number of nitrogens with one attached hydrogen (secondary N) is 1. The maximum atomic E-state index is 12.9. The molecular formula is C22H18N4O4. The highest BCUT2D eigenvalue weighted by Crippen LogP contribution is 2.35. The van der Waals surface area contributed by atoms with E-state index in [-0.39, 0.29) is 5.69 Å². The van der Waals surface area contributed by atoms with Crippen LogP contribution in [0.4, 0.5) is 11.5 Å².